The van der Waals surface area contributed by atoms with Crippen molar-refractivity contribution in [3.63, 3.8) is 0 Å². The third-order valence-electron chi connectivity index (χ3n) is 6.95. The van der Waals surface area contributed by atoms with Gasteiger partial charge in [-0.25, -0.2) is 0 Å². The zero-order valence-corrected chi connectivity index (χ0v) is 21.4. The van der Waals surface area contributed by atoms with Gasteiger partial charge in [-0.15, -0.1) is 0 Å². The number of benzene rings is 8. The summed E-state index contributed by atoms with van der Waals surface area (Å²) in [7, 11) is 0. The summed E-state index contributed by atoms with van der Waals surface area (Å²) < 4.78 is 239. The van der Waals surface area contributed by atoms with Crippen LogP contribution in [0.3, 0.4) is 0 Å². The van der Waals surface area contributed by atoms with Gasteiger partial charge in [0.25, 0.3) is 0 Å². The van der Waals surface area contributed by atoms with Gasteiger partial charge in [-0.1, -0.05) is 127 Å². The van der Waals surface area contributed by atoms with Crippen molar-refractivity contribution in [2.75, 3.05) is 0 Å². The molecule has 43 heavy (non-hydrogen) atoms. The molecule has 0 fully saturated rings. The zero-order chi connectivity index (χ0) is 51.0. The van der Waals surface area contributed by atoms with Crippen LogP contribution in [0, 0.1) is 0 Å². The highest BCUT2D eigenvalue weighted by atomic mass is 16.3. The molecule has 8 aromatic carbocycles. The lowest BCUT2D eigenvalue weighted by Crippen LogP contribution is -1.92. The molecule has 1 heteroatoms. The summed E-state index contributed by atoms with van der Waals surface area (Å²) in [6.45, 7) is 0. The van der Waals surface area contributed by atoms with Crippen LogP contribution in [-0.4, -0.2) is 0 Å². The second-order valence-electron chi connectivity index (χ2n) is 9.26. The third-order valence-corrected chi connectivity index (χ3v) is 6.95. The monoisotopic (exact) mass is 572 g/mol. The molecule has 9 rings (SSSR count). The predicted molar refractivity (Wildman–Crippen MR) is 183 cm³/mol. The van der Waals surface area contributed by atoms with Crippen molar-refractivity contribution in [3.8, 4) is 33.4 Å². The summed E-state index contributed by atoms with van der Waals surface area (Å²) in [6, 6.07) is -24.1. The van der Waals surface area contributed by atoms with Gasteiger partial charge in [0.15, 0.2) is 0 Å². The highest BCUT2D eigenvalue weighted by Crippen LogP contribution is 2.47. The molecule has 0 saturated carbocycles. The van der Waals surface area contributed by atoms with Gasteiger partial charge in [0.2, 0.25) is 0 Å². The fraction of sp³-hybridized carbons (Fsp3) is 0. The molecule has 1 aromatic heterocycles. The Balaban J connectivity index is 1.68. The van der Waals surface area contributed by atoms with Crippen LogP contribution in [0.25, 0.3) is 87.6 Å². The Kier molecular flexibility index (Phi) is 2.13. The standard InChI is InChI=1S/C42H26O/c1-2-12-27(13-3-1)30-24-28-14-4-5-15-31(28)38(26-30)42-35-19-8-6-17-33(35)41(34-18-7-9-20-36(34)42)29-22-23-40-37(25-29)32-16-10-11-21-39(32)43-40/h1-26H/i1D,2D,3D,4D,5D,6D,7D,8D,9D,10D,11D,12D,13D,14D,15D,16D,17D,18D,19D,20D,21D,22D,23D,24D,25D,26D. The minimum absolute atomic E-state index is 0.431. The minimum Gasteiger partial charge on any atom is -0.456 e. The van der Waals surface area contributed by atoms with E-state index in [9.17, 15) is 12.3 Å². The van der Waals surface area contributed by atoms with E-state index >= 15 is 0 Å². The van der Waals surface area contributed by atoms with Crippen LogP contribution in [0.1, 0.15) is 35.6 Å². The molecular weight excluding hydrogens is 520 g/mol. The van der Waals surface area contributed by atoms with E-state index in [0.717, 1.165) is 0 Å². The third kappa shape index (κ3) is 3.72. The zero-order valence-electron chi connectivity index (χ0n) is 47.4. The summed E-state index contributed by atoms with van der Waals surface area (Å²) in [5.41, 5.74) is -5.76. The highest BCUT2D eigenvalue weighted by molar-refractivity contribution is 6.24. The van der Waals surface area contributed by atoms with E-state index in [1.807, 2.05) is 0 Å². The van der Waals surface area contributed by atoms with E-state index in [4.69, 9.17) is 27.7 Å². The van der Waals surface area contributed by atoms with Crippen molar-refractivity contribution >= 4 is 54.3 Å². The quantitative estimate of drug-likeness (QED) is 0.192. The number of para-hydroxylation sites is 1. The maximum atomic E-state index is 9.90. The molecule has 0 saturated heterocycles. The van der Waals surface area contributed by atoms with Crippen molar-refractivity contribution < 1.29 is 40.1 Å². The van der Waals surface area contributed by atoms with E-state index in [2.05, 4.69) is 0 Å². The number of hydrogen-bond acceptors (Lipinski definition) is 1. The van der Waals surface area contributed by atoms with Gasteiger partial charge in [0.05, 0.1) is 35.6 Å². The Bertz CT molecular complexity index is 3860. The van der Waals surface area contributed by atoms with E-state index < -0.39 is 245 Å². The Morgan fingerprint density at radius 2 is 0.907 bits per heavy atom. The normalized spacial score (nSPS) is 20.2. The van der Waals surface area contributed by atoms with Crippen LogP contribution in [0.15, 0.2) is 162 Å². The second kappa shape index (κ2) is 9.44. The molecular formula is C42H26O. The van der Waals surface area contributed by atoms with E-state index in [1.165, 1.54) is 0 Å². The first-order chi connectivity index (χ1) is 32.2. The lowest BCUT2D eigenvalue weighted by atomic mass is 9.83. The van der Waals surface area contributed by atoms with Gasteiger partial charge >= 0.3 is 0 Å². The van der Waals surface area contributed by atoms with Crippen molar-refractivity contribution in [3.05, 3.63) is 157 Å². The SMILES string of the molecule is [2H]c1c([2H])c([2H])c(-c2c([2H])c(-c3c4c([2H])c([2H])c([2H])c([2H])c4c(-c4c([2H])c([2H])c5oc6c([2H])c([2H])c([2H])c([2H])c6c5c4[2H])c4c([2H])c([2H])c([2H])c([2H])c34)c3c([2H])c([2H])c([2H])c([2H])c3c2[2H])c([2H])c1[2H]. The smallest absolute Gasteiger partial charge is 0.135 e. The largest absolute Gasteiger partial charge is 0.456 e. The second-order valence-corrected chi connectivity index (χ2v) is 9.26. The van der Waals surface area contributed by atoms with Crippen molar-refractivity contribution in [2.45, 2.75) is 0 Å². The topological polar surface area (TPSA) is 13.1 Å². The number of fused-ring (bicyclic) bond motifs is 6. The van der Waals surface area contributed by atoms with Crippen molar-refractivity contribution in [2.24, 2.45) is 0 Å². The molecule has 0 unspecified atom stereocenters. The fourth-order valence-electron chi connectivity index (χ4n) is 5.18. The van der Waals surface area contributed by atoms with Gasteiger partial charge in [0.1, 0.15) is 11.2 Å². The molecule has 0 N–H and O–H groups in total. The van der Waals surface area contributed by atoms with Crippen LogP contribution < -0.4 is 0 Å². The lowest BCUT2D eigenvalue weighted by molar-refractivity contribution is 0.669. The first-order valence-electron chi connectivity index (χ1n) is 25.7. The van der Waals surface area contributed by atoms with Crippen molar-refractivity contribution in [1.29, 1.82) is 0 Å². The number of rotatable bonds is 3. The maximum absolute atomic E-state index is 9.90. The maximum Gasteiger partial charge on any atom is 0.135 e. The van der Waals surface area contributed by atoms with Gasteiger partial charge < -0.3 is 4.42 Å². The van der Waals surface area contributed by atoms with Crippen LogP contribution in [-0.2, 0) is 0 Å². The molecule has 200 valence electrons. The van der Waals surface area contributed by atoms with Crippen molar-refractivity contribution in [1.82, 2.24) is 0 Å². The molecule has 0 aliphatic heterocycles. The average Bonchev–Trinajstić information content (AvgIpc) is 3.73. The van der Waals surface area contributed by atoms with Gasteiger partial charge in [-0.2, -0.15) is 0 Å². The van der Waals surface area contributed by atoms with Gasteiger partial charge in [0, 0.05) is 10.8 Å². The van der Waals surface area contributed by atoms with Crippen LogP contribution in [0.5, 0.6) is 0 Å². The van der Waals surface area contributed by atoms with Crippen LogP contribution in [0.2, 0.25) is 0 Å². The molecule has 1 heterocycles. The predicted octanol–water partition coefficient (Wildman–Crippen LogP) is 12.0. The molecule has 1 nitrogen and oxygen atoms in total. The first kappa shape index (κ1) is 9.69. The molecule has 0 radical (unpaired) electrons. The molecule has 0 atom stereocenters. The molecule has 9 aromatic rings. The summed E-state index contributed by atoms with van der Waals surface area (Å²) in [5.74, 6) is 0. The summed E-state index contributed by atoms with van der Waals surface area (Å²) >= 11 is 0. The van der Waals surface area contributed by atoms with E-state index in [-0.39, 0.29) is 0 Å². The van der Waals surface area contributed by atoms with Gasteiger partial charge in [-0.3, -0.25) is 0 Å². The summed E-state index contributed by atoms with van der Waals surface area (Å²) in [5, 5.41) is -5.37. The molecule has 0 aliphatic carbocycles. The van der Waals surface area contributed by atoms with E-state index in [0.29, 0.717) is 0 Å². The van der Waals surface area contributed by atoms with Crippen LogP contribution >= 0.6 is 0 Å². The minimum atomic E-state index is -1.05. The molecule has 0 aliphatic rings. The van der Waals surface area contributed by atoms with E-state index in [1.54, 1.807) is 0 Å². The van der Waals surface area contributed by atoms with Crippen LogP contribution in [0.4, 0.5) is 0 Å². The van der Waals surface area contributed by atoms with Gasteiger partial charge in [-0.05, 0) is 95.9 Å². The Hall–Kier alpha value is -5.66. The Morgan fingerprint density at radius 1 is 0.349 bits per heavy atom. The lowest BCUT2D eigenvalue weighted by Gasteiger charge is -2.19. The fourth-order valence-corrected chi connectivity index (χ4v) is 5.18. The highest BCUT2D eigenvalue weighted by Gasteiger charge is 2.19. The number of hydrogen-bond donors (Lipinski definition) is 0. The molecule has 0 bridgehead atoms. The molecule has 0 amide bonds. The summed E-state index contributed by atoms with van der Waals surface area (Å²) in [4.78, 5) is 0. The number of furan rings is 1. The first-order valence-corrected chi connectivity index (χ1v) is 12.7. The average molecular weight is 573 g/mol. The Morgan fingerprint density at radius 3 is 1.63 bits per heavy atom. The molecule has 0 spiro atoms. The Labute approximate surface area is 285 Å². The summed E-state index contributed by atoms with van der Waals surface area (Å²) in [6.07, 6.45) is 0.